The van der Waals surface area contributed by atoms with E-state index in [1.54, 1.807) is 24.3 Å². The second-order valence-electron chi connectivity index (χ2n) is 8.25. The zero-order valence-corrected chi connectivity index (χ0v) is 20.2. The van der Waals surface area contributed by atoms with Crippen LogP contribution in [-0.2, 0) is 23.1 Å². The van der Waals surface area contributed by atoms with E-state index in [1.807, 2.05) is 6.92 Å². The summed E-state index contributed by atoms with van der Waals surface area (Å²) in [7, 11) is -1.73. The summed E-state index contributed by atoms with van der Waals surface area (Å²) in [4.78, 5) is 22.8. The van der Waals surface area contributed by atoms with E-state index in [2.05, 4.69) is 21.4 Å². The molecule has 9 nitrogen and oxygen atoms in total. The molecule has 0 spiro atoms. The maximum absolute atomic E-state index is 13.2. The van der Waals surface area contributed by atoms with Gasteiger partial charge in [-0.25, -0.2) is 13.4 Å². The summed E-state index contributed by atoms with van der Waals surface area (Å²) in [6.07, 6.45) is 2.93. The van der Waals surface area contributed by atoms with Gasteiger partial charge in [-0.05, 0) is 44.0 Å². The Morgan fingerprint density at radius 2 is 2.06 bits per heavy atom. The van der Waals surface area contributed by atoms with Gasteiger partial charge < -0.3 is 4.74 Å². The Kier molecular flexibility index (Phi) is 5.59. The fourth-order valence-corrected chi connectivity index (χ4v) is 6.77. The Labute approximate surface area is 201 Å². The molecule has 1 amide bonds. The van der Waals surface area contributed by atoms with Crippen LogP contribution in [0.15, 0.2) is 30.5 Å². The molecule has 1 N–H and O–H groups in total. The lowest BCUT2D eigenvalue weighted by atomic mass is 9.97. The number of aryl methyl sites for hydroxylation is 1. The second kappa shape index (κ2) is 8.47. The van der Waals surface area contributed by atoms with Crippen LogP contribution in [0.2, 0.25) is 0 Å². The average Bonchev–Trinajstić information content (AvgIpc) is 3.52. The number of amides is 1. The topological polar surface area (TPSA) is 125 Å². The molecule has 5 rings (SSSR count). The van der Waals surface area contributed by atoms with Crippen LogP contribution in [0, 0.1) is 18.3 Å². The van der Waals surface area contributed by atoms with Gasteiger partial charge in [0, 0.05) is 27.9 Å². The van der Waals surface area contributed by atoms with E-state index in [4.69, 9.17) is 4.74 Å². The predicted octanol–water partition coefficient (Wildman–Crippen LogP) is 3.45. The summed E-state index contributed by atoms with van der Waals surface area (Å²) in [5.41, 5.74) is 3.34. The molecule has 0 radical (unpaired) electrons. The molecule has 1 aromatic carbocycles. The van der Waals surface area contributed by atoms with Gasteiger partial charge in [-0.3, -0.25) is 15.1 Å². The summed E-state index contributed by atoms with van der Waals surface area (Å²) in [6.45, 7) is 2.34. The third-order valence-corrected chi connectivity index (χ3v) is 9.14. The Bertz CT molecular complexity index is 1430. The molecule has 174 valence electrons. The number of sulfonamides is 1. The van der Waals surface area contributed by atoms with E-state index < -0.39 is 15.9 Å². The quantitative estimate of drug-likeness (QED) is 0.555. The highest BCUT2D eigenvalue weighted by molar-refractivity contribution is 7.90. The van der Waals surface area contributed by atoms with Gasteiger partial charge in [0.25, 0.3) is 5.91 Å². The molecule has 34 heavy (non-hydrogen) atoms. The molecule has 0 saturated heterocycles. The van der Waals surface area contributed by atoms with Crippen LogP contribution >= 0.6 is 11.3 Å². The lowest BCUT2D eigenvalue weighted by Crippen LogP contribution is -2.29. The van der Waals surface area contributed by atoms with Gasteiger partial charge in [-0.1, -0.05) is 11.3 Å². The number of aromatic nitrogens is 2. The van der Waals surface area contributed by atoms with E-state index in [0.29, 0.717) is 44.5 Å². The standard InChI is InChI=1S/C23H21N5O4S2/c1-13-7-16(17-8-14(9-24)3-6-20(17)32-2)18(10-25-13)22(29)27-23-26-19-11-28(12-21(19)33-23)34(30,31)15-4-5-15/h3,6-8,10,15H,4-5,11-12H2,1-2H3,(H,26,27,29). The van der Waals surface area contributed by atoms with Crippen molar-refractivity contribution >= 4 is 32.4 Å². The van der Waals surface area contributed by atoms with Gasteiger partial charge in [-0.15, -0.1) is 0 Å². The van der Waals surface area contributed by atoms with E-state index in [1.165, 1.54) is 28.9 Å². The zero-order chi connectivity index (χ0) is 24.0. The number of fused-ring (bicyclic) bond motifs is 1. The highest BCUT2D eigenvalue weighted by atomic mass is 32.2. The largest absolute Gasteiger partial charge is 0.496 e. The van der Waals surface area contributed by atoms with Gasteiger partial charge in [0.05, 0.1) is 48.3 Å². The Morgan fingerprint density at radius 3 is 2.74 bits per heavy atom. The number of thiazole rings is 1. The third-order valence-electron chi connectivity index (χ3n) is 5.85. The van der Waals surface area contributed by atoms with Crippen molar-refractivity contribution in [3.63, 3.8) is 0 Å². The number of nitrogens with zero attached hydrogens (tertiary/aromatic N) is 4. The van der Waals surface area contributed by atoms with Gasteiger partial charge in [-0.2, -0.15) is 9.57 Å². The normalized spacial score (nSPS) is 15.6. The van der Waals surface area contributed by atoms with Crippen molar-refractivity contribution in [1.29, 1.82) is 5.26 Å². The molecule has 0 unspecified atom stereocenters. The number of benzene rings is 1. The molecule has 1 aliphatic carbocycles. The fraction of sp³-hybridized carbons (Fsp3) is 0.304. The summed E-state index contributed by atoms with van der Waals surface area (Å²) < 4.78 is 31.9. The second-order valence-corrected chi connectivity index (χ2v) is 11.6. The number of nitrogens with one attached hydrogen (secondary N) is 1. The van der Waals surface area contributed by atoms with Crippen LogP contribution in [0.3, 0.4) is 0 Å². The molecule has 2 aromatic heterocycles. The number of ether oxygens (including phenoxy) is 1. The van der Waals surface area contributed by atoms with Crippen LogP contribution in [0.25, 0.3) is 11.1 Å². The molecule has 2 aliphatic rings. The lowest BCUT2D eigenvalue weighted by Gasteiger charge is -2.15. The van der Waals surface area contributed by atoms with Crippen molar-refractivity contribution in [2.75, 3.05) is 12.4 Å². The molecule has 0 atom stereocenters. The first kappa shape index (κ1) is 22.5. The van der Waals surface area contributed by atoms with E-state index in [9.17, 15) is 18.5 Å². The number of carbonyl (C=O) groups is 1. The van der Waals surface area contributed by atoms with Crippen molar-refractivity contribution in [3.05, 3.63) is 57.9 Å². The number of hydrogen-bond acceptors (Lipinski definition) is 8. The highest BCUT2D eigenvalue weighted by Crippen LogP contribution is 2.39. The first-order valence-corrected chi connectivity index (χ1v) is 13.0. The SMILES string of the molecule is COc1ccc(C#N)cc1-c1cc(C)ncc1C(=O)Nc1nc2c(s1)CN(S(=O)(=O)C1CC1)C2. The number of methoxy groups -OCH3 is 1. The molecule has 1 fully saturated rings. The number of hydrogen-bond donors (Lipinski definition) is 1. The Morgan fingerprint density at radius 1 is 1.26 bits per heavy atom. The van der Waals surface area contributed by atoms with E-state index in [0.717, 1.165) is 17.7 Å². The Balaban J connectivity index is 1.41. The van der Waals surface area contributed by atoms with Crippen molar-refractivity contribution < 1.29 is 17.9 Å². The van der Waals surface area contributed by atoms with Crippen LogP contribution in [0.4, 0.5) is 5.13 Å². The minimum atomic E-state index is -3.27. The fourth-order valence-electron chi connectivity index (χ4n) is 3.94. The monoisotopic (exact) mass is 495 g/mol. The third kappa shape index (κ3) is 4.04. The zero-order valence-electron chi connectivity index (χ0n) is 18.5. The van der Waals surface area contributed by atoms with Gasteiger partial charge in [0.2, 0.25) is 10.0 Å². The van der Waals surface area contributed by atoms with Gasteiger partial charge in [0.15, 0.2) is 5.13 Å². The molecular formula is C23H21N5O4S2. The molecule has 1 saturated carbocycles. The maximum atomic E-state index is 13.2. The average molecular weight is 496 g/mol. The summed E-state index contributed by atoms with van der Waals surface area (Å²) in [5, 5.41) is 12.3. The first-order chi connectivity index (χ1) is 16.3. The molecular weight excluding hydrogens is 474 g/mol. The van der Waals surface area contributed by atoms with Crippen molar-refractivity contribution in [2.45, 2.75) is 38.1 Å². The minimum absolute atomic E-state index is 0.232. The van der Waals surface area contributed by atoms with E-state index in [-0.39, 0.29) is 18.3 Å². The van der Waals surface area contributed by atoms with Crippen LogP contribution in [0.5, 0.6) is 5.75 Å². The summed E-state index contributed by atoms with van der Waals surface area (Å²) in [5.74, 6) is 0.130. The van der Waals surface area contributed by atoms with Crippen molar-refractivity contribution in [1.82, 2.24) is 14.3 Å². The van der Waals surface area contributed by atoms with Crippen LogP contribution in [-0.4, -0.2) is 41.0 Å². The number of nitriles is 1. The summed E-state index contributed by atoms with van der Waals surface area (Å²) in [6, 6.07) is 8.91. The van der Waals surface area contributed by atoms with Crippen LogP contribution < -0.4 is 10.1 Å². The molecule has 3 heterocycles. The van der Waals surface area contributed by atoms with E-state index >= 15 is 0 Å². The number of pyridine rings is 1. The molecule has 1 aliphatic heterocycles. The minimum Gasteiger partial charge on any atom is -0.496 e. The van der Waals surface area contributed by atoms with Crippen molar-refractivity contribution in [3.8, 4) is 22.9 Å². The first-order valence-electron chi connectivity index (χ1n) is 10.6. The maximum Gasteiger partial charge on any atom is 0.259 e. The Hall–Kier alpha value is -3.33. The van der Waals surface area contributed by atoms with Gasteiger partial charge >= 0.3 is 0 Å². The predicted molar refractivity (Wildman–Crippen MR) is 127 cm³/mol. The molecule has 0 bridgehead atoms. The lowest BCUT2D eigenvalue weighted by molar-refractivity contribution is 0.102. The smallest absolute Gasteiger partial charge is 0.259 e. The number of anilines is 1. The van der Waals surface area contributed by atoms with Crippen molar-refractivity contribution in [2.24, 2.45) is 0 Å². The number of rotatable bonds is 6. The molecule has 3 aromatic rings. The van der Waals surface area contributed by atoms with Gasteiger partial charge in [0.1, 0.15) is 5.75 Å². The molecule has 11 heteroatoms. The highest BCUT2D eigenvalue weighted by Gasteiger charge is 2.43. The van der Waals surface area contributed by atoms with Crippen LogP contribution in [0.1, 0.15) is 45.0 Å². The summed E-state index contributed by atoms with van der Waals surface area (Å²) >= 11 is 1.28. The number of carbonyl (C=O) groups excluding carboxylic acids is 1.